The molecule has 3 aliphatic rings. The average Bonchev–Trinajstić information content (AvgIpc) is 2.45. The topological polar surface area (TPSA) is 26.3 Å². The minimum atomic E-state index is -0.107. The molecule has 0 unspecified atom stereocenters. The first-order valence-electron chi connectivity index (χ1n) is 7.90. The third-order valence-corrected chi connectivity index (χ3v) is 5.94. The molecular formula is C16H27BrO2. The first-order valence-corrected chi connectivity index (χ1v) is 9.02. The van der Waals surface area contributed by atoms with Crippen molar-refractivity contribution in [2.45, 2.75) is 71.1 Å². The highest BCUT2D eigenvalue weighted by Gasteiger charge is 2.52. The van der Waals surface area contributed by atoms with E-state index in [1.165, 1.54) is 32.1 Å². The Kier molecular flexibility index (Phi) is 5.33. The van der Waals surface area contributed by atoms with Crippen LogP contribution in [0.1, 0.15) is 71.1 Å². The molecular weight excluding hydrogens is 304 g/mol. The number of esters is 1. The van der Waals surface area contributed by atoms with Crippen molar-refractivity contribution < 1.29 is 9.53 Å². The van der Waals surface area contributed by atoms with Crippen molar-refractivity contribution in [3.05, 3.63) is 0 Å². The van der Waals surface area contributed by atoms with Gasteiger partial charge in [-0.15, -0.1) is 0 Å². The molecule has 2 nitrogen and oxygen atoms in total. The van der Waals surface area contributed by atoms with Gasteiger partial charge in [-0.2, -0.15) is 0 Å². The van der Waals surface area contributed by atoms with Gasteiger partial charge in [-0.3, -0.25) is 4.79 Å². The second-order valence-electron chi connectivity index (χ2n) is 6.56. The van der Waals surface area contributed by atoms with Crippen LogP contribution in [0.2, 0.25) is 0 Å². The molecule has 110 valence electrons. The van der Waals surface area contributed by atoms with Crippen LogP contribution in [0, 0.1) is 10.8 Å². The van der Waals surface area contributed by atoms with Crippen molar-refractivity contribution in [2.24, 2.45) is 10.8 Å². The van der Waals surface area contributed by atoms with Gasteiger partial charge in [-0.05, 0) is 63.2 Å². The molecule has 2 bridgehead atoms. The predicted octanol–water partition coefficient (Wildman–Crippen LogP) is 4.85. The van der Waals surface area contributed by atoms with E-state index in [-0.39, 0.29) is 11.4 Å². The van der Waals surface area contributed by atoms with E-state index in [9.17, 15) is 4.79 Å². The molecule has 0 atom stereocenters. The smallest absolute Gasteiger partial charge is 0.312 e. The maximum atomic E-state index is 12.4. The number of rotatable bonds is 7. The summed E-state index contributed by atoms with van der Waals surface area (Å²) in [5.41, 5.74) is 0.469. The van der Waals surface area contributed by atoms with Crippen molar-refractivity contribution in [1.29, 1.82) is 0 Å². The van der Waals surface area contributed by atoms with Gasteiger partial charge in [-0.1, -0.05) is 29.3 Å². The average molecular weight is 331 g/mol. The lowest BCUT2D eigenvalue weighted by Crippen LogP contribution is -2.46. The largest absolute Gasteiger partial charge is 0.465 e. The number of halogens is 1. The number of alkyl halides is 1. The van der Waals surface area contributed by atoms with Crippen LogP contribution in [0.3, 0.4) is 0 Å². The zero-order valence-corrected chi connectivity index (χ0v) is 13.8. The fourth-order valence-corrected chi connectivity index (χ4v) is 4.39. The molecule has 0 aromatic carbocycles. The number of unbranched alkanes of at least 4 members (excludes halogenated alkanes) is 1. The Hall–Kier alpha value is -0.0500. The molecule has 3 rings (SSSR count). The van der Waals surface area contributed by atoms with Gasteiger partial charge in [0, 0.05) is 5.33 Å². The standard InChI is InChI=1S/C16H27BrO2/c1-2-5-15-6-9-16(10-7-15,11-8-15)14(18)19-13-4-3-12-17/h2-13H2,1H3. The zero-order chi connectivity index (χ0) is 13.8. The van der Waals surface area contributed by atoms with E-state index in [1.807, 2.05) is 0 Å². The van der Waals surface area contributed by atoms with Crippen molar-refractivity contribution in [2.75, 3.05) is 11.9 Å². The maximum absolute atomic E-state index is 12.4. The third-order valence-electron chi connectivity index (χ3n) is 5.38. The molecule has 0 aliphatic heterocycles. The molecule has 0 aromatic rings. The normalized spacial score (nSPS) is 33.4. The van der Waals surface area contributed by atoms with E-state index in [4.69, 9.17) is 4.74 Å². The highest BCUT2D eigenvalue weighted by atomic mass is 79.9. The summed E-state index contributed by atoms with van der Waals surface area (Å²) in [5.74, 6) is 0.104. The van der Waals surface area contributed by atoms with Crippen LogP contribution < -0.4 is 0 Å². The van der Waals surface area contributed by atoms with Crippen molar-refractivity contribution in [3.63, 3.8) is 0 Å². The molecule has 0 radical (unpaired) electrons. The number of fused-ring (bicyclic) bond motifs is 3. The molecule has 0 spiro atoms. The first-order chi connectivity index (χ1) is 9.16. The second-order valence-corrected chi connectivity index (χ2v) is 7.36. The maximum Gasteiger partial charge on any atom is 0.312 e. The summed E-state index contributed by atoms with van der Waals surface area (Å²) in [6.45, 7) is 2.88. The van der Waals surface area contributed by atoms with Gasteiger partial charge in [0.2, 0.25) is 0 Å². The molecule has 0 amide bonds. The van der Waals surface area contributed by atoms with Crippen LogP contribution in [-0.4, -0.2) is 17.9 Å². The van der Waals surface area contributed by atoms with Crippen LogP contribution in [0.5, 0.6) is 0 Å². The van der Waals surface area contributed by atoms with Crippen molar-refractivity contribution in [1.82, 2.24) is 0 Å². The SMILES string of the molecule is CCCC12CCC(C(=O)OCCCCBr)(CC1)CC2. The van der Waals surface area contributed by atoms with Crippen LogP contribution in [-0.2, 0) is 9.53 Å². The summed E-state index contributed by atoms with van der Waals surface area (Å²) in [6.07, 6.45) is 11.7. The summed E-state index contributed by atoms with van der Waals surface area (Å²) in [7, 11) is 0. The number of carbonyl (C=O) groups excluding carboxylic acids is 1. The summed E-state index contributed by atoms with van der Waals surface area (Å²) in [6, 6.07) is 0. The van der Waals surface area contributed by atoms with Gasteiger partial charge in [-0.25, -0.2) is 0 Å². The van der Waals surface area contributed by atoms with E-state index in [1.54, 1.807) is 0 Å². The number of hydrogen-bond acceptors (Lipinski definition) is 2. The Bertz CT molecular complexity index is 289. The van der Waals surface area contributed by atoms with E-state index in [2.05, 4.69) is 22.9 Å². The van der Waals surface area contributed by atoms with Gasteiger partial charge in [0.25, 0.3) is 0 Å². The number of hydrogen-bond donors (Lipinski definition) is 0. The lowest BCUT2D eigenvalue weighted by Gasteiger charge is -2.52. The molecule has 3 aliphatic carbocycles. The Balaban J connectivity index is 1.83. The minimum Gasteiger partial charge on any atom is -0.465 e. The molecule has 0 heterocycles. The van der Waals surface area contributed by atoms with Crippen LogP contribution >= 0.6 is 15.9 Å². The Morgan fingerprint density at radius 2 is 1.74 bits per heavy atom. The van der Waals surface area contributed by atoms with Gasteiger partial charge < -0.3 is 4.74 Å². The molecule has 0 saturated heterocycles. The lowest BCUT2D eigenvalue weighted by atomic mass is 9.52. The monoisotopic (exact) mass is 330 g/mol. The quantitative estimate of drug-likeness (QED) is 0.379. The van der Waals surface area contributed by atoms with Crippen LogP contribution in [0.25, 0.3) is 0 Å². The molecule has 0 aromatic heterocycles. The Labute approximate surface area is 125 Å². The summed E-state index contributed by atoms with van der Waals surface area (Å²) >= 11 is 3.40. The lowest BCUT2D eigenvalue weighted by molar-refractivity contribution is -0.166. The van der Waals surface area contributed by atoms with Gasteiger partial charge in [0.1, 0.15) is 0 Å². The minimum absolute atomic E-state index is 0.104. The summed E-state index contributed by atoms with van der Waals surface area (Å²) in [4.78, 5) is 12.4. The molecule has 3 saturated carbocycles. The van der Waals surface area contributed by atoms with E-state index in [0.717, 1.165) is 37.4 Å². The zero-order valence-electron chi connectivity index (χ0n) is 12.2. The molecule has 0 N–H and O–H groups in total. The van der Waals surface area contributed by atoms with Gasteiger partial charge >= 0.3 is 5.97 Å². The fourth-order valence-electron chi connectivity index (χ4n) is 3.99. The Morgan fingerprint density at radius 3 is 2.26 bits per heavy atom. The van der Waals surface area contributed by atoms with Crippen molar-refractivity contribution in [3.8, 4) is 0 Å². The summed E-state index contributed by atoms with van der Waals surface area (Å²) < 4.78 is 5.54. The summed E-state index contributed by atoms with van der Waals surface area (Å²) in [5, 5.41) is 0.995. The van der Waals surface area contributed by atoms with Crippen LogP contribution in [0.15, 0.2) is 0 Å². The highest BCUT2D eigenvalue weighted by Crippen LogP contribution is 2.59. The molecule has 19 heavy (non-hydrogen) atoms. The van der Waals surface area contributed by atoms with Gasteiger partial charge in [0.05, 0.1) is 12.0 Å². The van der Waals surface area contributed by atoms with E-state index in [0.29, 0.717) is 12.0 Å². The Morgan fingerprint density at radius 1 is 1.11 bits per heavy atom. The second kappa shape index (κ2) is 6.60. The highest BCUT2D eigenvalue weighted by molar-refractivity contribution is 9.09. The molecule has 3 heteroatoms. The van der Waals surface area contributed by atoms with Crippen molar-refractivity contribution >= 4 is 21.9 Å². The number of carbonyl (C=O) groups is 1. The van der Waals surface area contributed by atoms with Gasteiger partial charge in [0.15, 0.2) is 0 Å². The van der Waals surface area contributed by atoms with E-state index >= 15 is 0 Å². The first kappa shape index (κ1) is 15.3. The van der Waals surface area contributed by atoms with E-state index < -0.39 is 0 Å². The third kappa shape index (κ3) is 3.34. The fraction of sp³-hybridized carbons (Fsp3) is 0.938. The van der Waals surface area contributed by atoms with Crippen LogP contribution in [0.4, 0.5) is 0 Å². The number of ether oxygens (including phenoxy) is 1. The molecule has 3 fully saturated rings. The predicted molar refractivity (Wildman–Crippen MR) is 81.5 cm³/mol.